The van der Waals surface area contributed by atoms with Crippen LogP contribution < -0.4 is 5.32 Å². The van der Waals surface area contributed by atoms with Crippen molar-refractivity contribution in [2.24, 2.45) is 0 Å². The summed E-state index contributed by atoms with van der Waals surface area (Å²) in [7, 11) is 0. The summed E-state index contributed by atoms with van der Waals surface area (Å²) in [5, 5.41) is 11.5. The molecule has 11 heteroatoms. The van der Waals surface area contributed by atoms with Crippen molar-refractivity contribution in [3.63, 3.8) is 0 Å². The summed E-state index contributed by atoms with van der Waals surface area (Å²) in [6.07, 6.45) is -5.95. The number of carbonyl (C=O) groups is 3. The molecule has 1 aromatic carbocycles. The number of carbonyl (C=O) groups excluding carboxylic acids is 3. The maximum Gasteiger partial charge on any atom is 0.417 e. The summed E-state index contributed by atoms with van der Waals surface area (Å²) in [5.41, 5.74) is 4.54. The highest BCUT2D eigenvalue weighted by Gasteiger charge is 2.50. The topological polar surface area (TPSA) is 99.6 Å². The van der Waals surface area contributed by atoms with E-state index in [1.54, 1.807) is 10.8 Å². The Morgan fingerprint density at radius 3 is 2.48 bits per heavy atom. The Hall–Kier alpha value is -2.79. The van der Waals surface area contributed by atoms with Gasteiger partial charge in [0, 0.05) is 26.3 Å². The third-order valence-electron chi connectivity index (χ3n) is 5.48. The molecule has 0 aliphatic carbocycles. The fraction of sp³-hybridized carbons (Fsp3) is 0.455. The Morgan fingerprint density at radius 1 is 1.27 bits per heavy atom. The third-order valence-corrected chi connectivity index (χ3v) is 6.45. The first kappa shape index (κ1) is 24.8. The molecule has 1 fully saturated rings. The molecule has 178 valence electrons. The van der Waals surface area contributed by atoms with Gasteiger partial charge in [0.25, 0.3) is 5.91 Å². The molecule has 1 aliphatic rings. The molecule has 2 heterocycles. The second-order valence-corrected chi connectivity index (χ2v) is 8.86. The number of Topliss-reactive ketones (excluding diaryl/α,β-unsaturated/α-hetero) is 1. The smallest absolute Gasteiger partial charge is 0.391 e. The van der Waals surface area contributed by atoms with Crippen LogP contribution in [0.5, 0.6) is 0 Å². The number of nitrogens with one attached hydrogen (secondary N) is 1. The predicted molar refractivity (Wildman–Crippen MR) is 115 cm³/mol. The van der Waals surface area contributed by atoms with E-state index < -0.39 is 48.5 Å². The molecule has 2 amide bonds. The van der Waals surface area contributed by atoms with E-state index in [1.165, 1.54) is 11.3 Å². The summed E-state index contributed by atoms with van der Waals surface area (Å²) in [4.78, 5) is 42.5. The summed E-state index contributed by atoms with van der Waals surface area (Å²) in [6, 6.07) is 3.62. The van der Waals surface area contributed by atoms with Gasteiger partial charge in [0.15, 0.2) is 5.78 Å². The quantitative estimate of drug-likeness (QED) is 0.631. The van der Waals surface area contributed by atoms with E-state index in [0.29, 0.717) is 6.42 Å². The summed E-state index contributed by atoms with van der Waals surface area (Å²) in [5.74, 6) is -2.91. The molecule has 3 rings (SSSR count). The van der Waals surface area contributed by atoms with E-state index in [4.69, 9.17) is 0 Å². The molecular formula is C22H24F3N3O4S. The predicted octanol–water partition coefficient (Wildman–Crippen LogP) is 2.65. The van der Waals surface area contributed by atoms with Crippen LogP contribution in [0, 0.1) is 6.92 Å². The zero-order chi connectivity index (χ0) is 24.3. The standard InChI is InChI=1S/C22H24F3N3O4S/c1-12-19(33-11-26-12)15-6-3-14(4-7-15)5-8-18(31)17-9-16(30)10-28(17)21(32)20(22(23,24)25)27-13(2)29/h3-4,6-7,11,16-17,20,30H,5,8-10H2,1-2H3,(H,27,29)/t16-,17+,20?/m1/s1. The number of aliphatic hydroxyl groups is 1. The number of ketones is 1. The Labute approximate surface area is 192 Å². The van der Waals surface area contributed by atoms with Crippen molar-refractivity contribution in [1.29, 1.82) is 0 Å². The second kappa shape index (κ2) is 10.0. The van der Waals surface area contributed by atoms with E-state index >= 15 is 0 Å². The van der Waals surface area contributed by atoms with Crippen LogP contribution in [0.4, 0.5) is 13.2 Å². The first-order valence-corrected chi connectivity index (χ1v) is 11.2. The molecule has 33 heavy (non-hydrogen) atoms. The van der Waals surface area contributed by atoms with E-state index in [0.717, 1.165) is 33.5 Å². The first-order valence-electron chi connectivity index (χ1n) is 10.3. The number of benzene rings is 1. The Kier molecular flexibility index (Phi) is 7.53. The highest BCUT2D eigenvalue weighted by atomic mass is 32.1. The molecule has 1 saturated heterocycles. The van der Waals surface area contributed by atoms with Crippen LogP contribution >= 0.6 is 11.3 Å². The maximum absolute atomic E-state index is 13.3. The van der Waals surface area contributed by atoms with Gasteiger partial charge in [-0.25, -0.2) is 4.98 Å². The molecule has 7 nitrogen and oxygen atoms in total. The lowest BCUT2D eigenvalue weighted by Gasteiger charge is -2.29. The van der Waals surface area contributed by atoms with Crippen LogP contribution in [0.15, 0.2) is 29.8 Å². The number of amides is 2. The maximum atomic E-state index is 13.3. The van der Waals surface area contributed by atoms with Gasteiger partial charge in [-0.2, -0.15) is 13.2 Å². The van der Waals surface area contributed by atoms with Gasteiger partial charge < -0.3 is 15.3 Å². The Balaban J connectivity index is 1.67. The van der Waals surface area contributed by atoms with Gasteiger partial charge in [-0.3, -0.25) is 14.4 Å². The van der Waals surface area contributed by atoms with Crippen LogP contribution in [0.1, 0.15) is 31.0 Å². The van der Waals surface area contributed by atoms with Crippen molar-refractivity contribution in [3.8, 4) is 10.4 Å². The molecule has 0 saturated carbocycles. The Morgan fingerprint density at radius 2 is 1.94 bits per heavy atom. The number of thiazole rings is 1. The van der Waals surface area contributed by atoms with Crippen LogP contribution in [0.2, 0.25) is 0 Å². The molecule has 3 atom stereocenters. The lowest BCUT2D eigenvalue weighted by Crippen LogP contribution is -2.57. The second-order valence-electron chi connectivity index (χ2n) is 8.00. The number of nitrogens with zero attached hydrogens (tertiary/aromatic N) is 2. The third kappa shape index (κ3) is 5.97. The van der Waals surface area contributed by atoms with Gasteiger partial charge in [0.2, 0.25) is 11.9 Å². The van der Waals surface area contributed by atoms with E-state index in [1.807, 2.05) is 31.2 Å². The number of aryl methyl sites for hydroxylation is 2. The number of alkyl halides is 3. The highest BCUT2D eigenvalue weighted by molar-refractivity contribution is 7.13. The minimum atomic E-state index is -5.03. The number of aromatic nitrogens is 1. The van der Waals surface area contributed by atoms with Gasteiger partial charge in [-0.05, 0) is 24.5 Å². The van der Waals surface area contributed by atoms with Crippen molar-refractivity contribution >= 4 is 28.9 Å². The zero-order valence-corrected chi connectivity index (χ0v) is 18.9. The van der Waals surface area contributed by atoms with Crippen molar-refractivity contribution in [1.82, 2.24) is 15.2 Å². The van der Waals surface area contributed by atoms with E-state index in [-0.39, 0.29) is 12.8 Å². The molecular weight excluding hydrogens is 459 g/mol. The number of rotatable bonds is 7. The zero-order valence-electron chi connectivity index (χ0n) is 18.1. The number of hydrogen-bond donors (Lipinski definition) is 2. The number of halogens is 3. The molecule has 1 aromatic heterocycles. The van der Waals surface area contributed by atoms with Gasteiger partial charge in [0.1, 0.15) is 0 Å². The molecule has 2 aromatic rings. The molecule has 0 bridgehead atoms. The van der Waals surface area contributed by atoms with E-state index in [2.05, 4.69) is 4.98 Å². The fourth-order valence-corrected chi connectivity index (χ4v) is 4.66. The SMILES string of the molecule is CC(=O)NC(C(=O)N1C[C@H](O)C[C@H]1C(=O)CCc1ccc(-c2scnc2C)cc1)C(F)(F)F. The average Bonchev–Trinajstić information content (AvgIpc) is 3.35. The summed E-state index contributed by atoms with van der Waals surface area (Å²) in [6.45, 7) is 2.39. The van der Waals surface area contributed by atoms with Crippen molar-refractivity contribution in [2.75, 3.05) is 6.54 Å². The minimum Gasteiger partial charge on any atom is -0.391 e. The molecule has 0 radical (unpaired) electrons. The molecule has 1 aliphatic heterocycles. The molecule has 2 N–H and O–H groups in total. The first-order chi connectivity index (χ1) is 15.5. The molecule has 1 unspecified atom stereocenters. The Bertz CT molecular complexity index is 1020. The normalized spacial score (nSPS) is 19.4. The fourth-order valence-electron chi connectivity index (χ4n) is 3.85. The van der Waals surface area contributed by atoms with Gasteiger partial charge >= 0.3 is 6.18 Å². The number of aliphatic hydroxyl groups excluding tert-OH is 1. The minimum absolute atomic E-state index is 0.00306. The van der Waals surface area contributed by atoms with Crippen LogP contribution in [-0.4, -0.2) is 63.5 Å². The molecule has 0 spiro atoms. The van der Waals surface area contributed by atoms with E-state index in [9.17, 15) is 32.7 Å². The largest absolute Gasteiger partial charge is 0.417 e. The van der Waals surface area contributed by atoms with Crippen LogP contribution in [-0.2, 0) is 20.8 Å². The van der Waals surface area contributed by atoms with Crippen molar-refractivity contribution in [3.05, 3.63) is 41.0 Å². The monoisotopic (exact) mass is 483 g/mol. The van der Waals surface area contributed by atoms with Gasteiger partial charge in [-0.15, -0.1) is 11.3 Å². The number of hydrogen-bond acceptors (Lipinski definition) is 6. The lowest BCUT2D eigenvalue weighted by atomic mass is 10.00. The lowest BCUT2D eigenvalue weighted by molar-refractivity contribution is -0.178. The average molecular weight is 484 g/mol. The van der Waals surface area contributed by atoms with Crippen LogP contribution in [0.3, 0.4) is 0 Å². The summed E-state index contributed by atoms with van der Waals surface area (Å²) < 4.78 is 40.0. The summed E-state index contributed by atoms with van der Waals surface area (Å²) >= 11 is 1.52. The van der Waals surface area contributed by atoms with Crippen LogP contribution in [0.25, 0.3) is 10.4 Å². The number of β-amino-alcohol motifs (C(OH)–C–C–N with tert-alkyl or cyclic N) is 1. The van der Waals surface area contributed by atoms with Gasteiger partial charge in [-0.1, -0.05) is 24.3 Å². The van der Waals surface area contributed by atoms with Crippen molar-refractivity contribution in [2.45, 2.75) is 57.5 Å². The number of likely N-dealkylation sites (tertiary alicyclic amines) is 1. The van der Waals surface area contributed by atoms with Gasteiger partial charge in [0.05, 0.1) is 28.2 Å². The highest BCUT2D eigenvalue weighted by Crippen LogP contribution is 2.29. The van der Waals surface area contributed by atoms with Crippen molar-refractivity contribution < 1.29 is 32.7 Å².